The fraction of sp³-hybridized carbons (Fsp3) is 0.400. The zero-order valence-electron chi connectivity index (χ0n) is 11.0. The number of hydrogen-bond acceptors (Lipinski definition) is 2. The predicted octanol–water partition coefficient (Wildman–Crippen LogP) is 2.19. The third-order valence-corrected chi connectivity index (χ3v) is 3.22. The molecule has 0 fully saturated rings. The van der Waals surface area contributed by atoms with Crippen molar-refractivity contribution in [2.24, 2.45) is 5.73 Å². The maximum Gasteiger partial charge on any atom is 0.109 e. The van der Waals surface area contributed by atoms with Crippen LogP contribution >= 0.6 is 0 Å². The Morgan fingerprint density at radius 3 is 2.56 bits per heavy atom. The van der Waals surface area contributed by atoms with E-state index in [1.54, 1.807) is 0 Å². The Labute approximate surface area is 109 Å². The summed E-state index contributed by atoms with van der Waals surface area (Å²) in [5.41, 5.74) is 8.23. The number of hydrogen-bond donors (Lipinski definition) is 1. The first kappa shape index (κ1) is 12.8. The smallest absolute Gasteiger partial charge is 0.109 e. The van der Waals surface area contributed by atoms with E-state index in [1.165, 1.54) is 17.1 Å². The second-order valence-corrected chi connectivity index (χ2v) is 4.43. The van der Waals surface area contributed by atoms with E-state index in [0.717, 1.165) is 25.8 Å². The van der Waals surface area contributed by atoms with Gasteiger partial charge in [0.05, 0.1) is 0 Å². The quantitative estimate of drug-likeness (QED) is 0.845. The van der Waals surface area contributed by atoms with E-state index in [2.05, 4.69) is 46.8 Å². The molecule has 2 N–H and O–H groups in total. The van der Waals surface area contributed by atoms with Crippen molar-refractivity contribution in [2.45, 2.75) is 32.7 Å². The molecular weight excluding hydrogens is 222 g/mol. The lowest BCUT2D eigenvalue weighted by Crippen LogP contribution is -2.11. The predicted molar refractivity (Wildman–Crippen MR) is 74.5 cm³/mol. The third kappa shape index (κ3) is 2.99. The first-order valence-corrected chi connectivity index (χ1v) is 6.62. The van der Waals surface area contributed by atoms with E-state index in [-0.39, 0.29) is 0 Å². The summed E-state index contributed by atoms with van der Waals surface area (Å²) in [6.45, 7) is 3.82. The van der Waals surface area contributed by atoms with Gasteiger partial charge in [0.1, 0.15) is 5.82 Å². The van der Waals surface area contributed by atoms with Gasteiger partial charge in [0.2, 0.25) is 0 Å². The van der Waals surface area contributed by atoms with Crippen molar-refractivity contribution in [3.05, 3.63) is 53.6 Å². The molecule has 0 amide bonds. The van der Waals surface area contributed by atoms with Crippen LogP contribution in [0, 0.1) is 0 Å². The van der Waals surface area contributed by atoms with Crippen molar-refractivity contribution in [2.75, 3.05) is 6.54 Å². The fourth-order valence-corrected chi connectivity index (χ4v) is 2.29. The monoisotopic (exact) mass is 243 g/mol. The lowest BCUT2D eigenvalue weighted by molar-refractivity contribution is 0.654. The molecule has 18 heavy (non-hydrogen) atoms. The molecule has 0 aliphatic heterocycles. The van der Waals surface area contributed by atoms with Gasteiger partial charge < -0.3 is 10.3 Å². The molecular formula is C15H21N3. The molecule has 3 heteroatoms. The number of nitrogens with zero attached hydrogens (tertiary/aromatic N) is 2. The highest BCUT2D eigenvalue weighted by Crippen LogP contribution is 2.10. The minimum absolute atomic E-state index is 0.684. The van der Waals surface area contributed by atoms with Crippen LogP contribution in [0.15, 0.2) is 36.5 Å². The molecule has 0 saturated carbocycles. The summed E-state index contributed by atoms with van der Waals surface area (Å²) in [5.74, 6) is 1.17. The Bertz CT molecular complexity index is 474. The van der Waals surface area contributed by atoms with Crippen molar-refractivity contribution in [3.63, 3.8) is 0 Å². The number of aryl methyl sites for hydroxylation is 2. The maximum absolute atomic E-state index is 5.62. The molecule has 0 spiro atoms. The summed E-state index contributed by atoms with van der Waals surface area (Å²) in [5, 5.41) is 0. The standard InChI is InChI=1S/C15H21N3/c1-2-18-14(10-11-16)12-17-15(18)9-8-13-6-4-3-5-7-13/h3-7,12H,2,8-11,16H2,1H3. The first-order chi connectivity index (χ1) is 8.85. The van der Waals surface area contributed by atoms with Crippen LogP contribution in [-0.4, -0.2) is 16.1 Å². The van der Waals surface area contributed by atoms with Crippen LogP contribution in [0.1, 0.15) is 24.0 Å². The SMILES string of the molecule is CCn1c(CCN)cnc1CCc1ccccc1. The zero-order chi connectivity index (χ0) is 12.8. The van der Waals surface area contributed by atoms with Gasteiger partial charge in [0.15, 0.2) is 0 Å². The Kier molecular flexibility index (Phi) is 4.53. The number of benzene rings is 1. The number of aromatic nitrogens is 2. The molecule has 0 radical (unpaired) electrons. The fourth-order valence-electron chi connectivity index (χ4n) is 2.29. The van der Waals surface area contributed by atoms with E-state index < -0.39 is 0 Å². The molecule has 1 aromatic carbocycles. The van der Waals surface area contributed by atoms with Crippen molar-refractivity contribution in [3.8, 4) is 0 Å². The molecule has 0 saturated heterocycles. The summed E-state index contributed by atoms with van der Waals surface area (Å²) >= 11 is 0. The largest absolute Gasteiger partial charge is 0.332 e. The highest BCUT2D eigenvalue weighted by molar-refractivity contribution is 5.16. The van der Waals surface area contributed by atoms with Gasteiger partial charge in [0.25, 0.3) is 0 Å². The molecule has 2 aromatic rings. The number of rotatable bonds is 6. The molecule has 0 atom stereocenters. The van der Waals surface area contributed by atoms with Gasteiger partial charge in [-0.1, -0.05) is 30.3 Å². The minimum atomic E-state index is 0.684. The lowest BCUT2D eigenvalue weighted by Gasteiger charge is -2.08. The van der Waals surface area contributed by atoms with Gasteiger partial charge in [-0.2, -0.15) is 0 Å². The van der Waals surface area contributed by atoms with Gasteiger partial charge in [0, 0.05) is 31.3 Å². The maximum atomic E-state index is 5.62. The molecule has 2 rings (SSSR count). The third-order valence-electron chi connectivity index (χ3n) is 3.22. The van der Waals surface area contributed by atoms with E-state index in [1.807, 2.05) is 6.20 Å². The van der Waals surface area contributed by atoms with E-state index in [0.29, 0.717) is 6.54 Å². The van der Waals surface area contributed by atoms with Crippen molar-refractivity contribution < 1.29 is 0 Å². The summed E-state index contributed by atoms with van der Waals surface area (Å²) in [6.07, 6.45) is 4.91. The molecule has 0 bridgehead atoms. The average Bonchev–Trinajstić information content (AvgIpc) is 2.80. The van der Waals surface area contributed by atoms with E-state index >= 15 is 0 Å². The molecule has 0 aliphatic carbocycles. The van der Waals surface area contributed by atoms with Crippen molar-refractivity contribution in [1.29, 1.82) is 0 Å². The topological polar surface area (TPSA) is 43.8 Å². The van der Waals surface area contributed by atoms with E-state index in [4.69, 9.17) is 5.73 Å². The van der Waals surface area contributed by atoms with Gasteiger partial charge in [-0.15, -0.1) is 0 Å². The van der Waals surface area contributed by atoms with Crippen LogP contribution in [0.3, 0.4) is 0 Å². The summed E-state index contributed by atoms with van der Waals surface area (Å²) in [4.78, 5) is 4.53. The second kappa shape index (κ2) is 6.36. The summed E-state index contributed by atoms with van der Waals surface area (Å²) < 4.78 is 2.29. The molecule has 1 aromatic heterocycles. The van der Waals surface area contributed by atoms with Crippen LogP contribution in [0.2, 0.25) is 0 Å². The van der Waals surface area contributed by atoms with Gasteiger partial charge in [-0.3, -0.25) is 0 Å². The summed E-state index contributed by atoms with van der Waals surface area (Å²) in [7, 11) is 0. The Hall–Kier alpha value is -1.61. The highest BCUT2D eigenvalue weighted by Gasteiger charge is 2.07. The van der Waals surface area contributed by atoms with Crippen LogP contribution in [0.25, 0.3) is 0 Å². The van der Waals surface area contributed by atoms with Crippen LogP contribution in [0.5, 0.6) is 0 Å². The Morgan fingerprint density at radius 1 is 1.11 bits per heavy atom. The minimum Gasteiger partial charge on any atom is -0.332 e. The lowest BCUT2D eigenvalue weighted by atomic mass is 10.1. The highest BCUT2D eigenvalue weighted by atomic mass is 15.1. The van der Waals surface area contributed by atoms with Crippen LogP contribution in [0.4, 0.5) is 0 Å². The average molecular weight is 243 g/mol. The zero-order valence-corrected chi connectivity index (χ0v) is 11.0. The second-order valence-electron chi connectivity index (χ2n) is 4.43. The normalized spacial score (nSPS) is 10.8. The van der Waals surface area contributed by atoms with Gasteiger partial charge in [-0.05, 0) is 25.5 Å². The van der Waals surface area contributed by atoms with Gasteiger partial charge >= 0.3 is 0 Å². The van der Waals surface area contributed by atoms with Crippen LogP contribution in [-0.2, 0) is 25.8 Å². The number of nitrogens with two attached hydrogens (primary N) is 1. The Morgan fingerprint density at radius 2 is 1.89 bits per heavy atom. The Balaban J connectivity index is 2.05. The summed E-state index contributed by atoms with van der Waals surface area (Å²) in [6, 6.07) is 10.6. The molecule has 1 heterocycles. The van der Waals surface area contributed by atoms with Crippen molar-refractivity contribution in [1.82, 2.24) is 9.55 Å². The molecule has 3 nitrogen and oxygen atoms in total. The molecule has 0 unspecified atom stereocenters. The molecule has 96 valence electrons. The molecule has 0 aliphatic rings. The van der Waals surface area contributed by atoms with E-state index in [9.17, 15) is 0 Å². The first-order valence-electron chi connectivity index (χ1n) is 6.62. The van der Waals surface area contributed by atoms with Crippen LogP contribution < -0.4 is 5.73 Å². The van der Waals surface area contributed by atoms with Crippen molar-refractivity contribution >= 4 is 0 Å². The van der Waals surface area contributed by atoms with Gasteiger partial charge in [-0.25, -0.2) is 4.98 Å². The number of imidazole rings is 1.